The zero-order valence-corrected chi connectivity index (χ0v) is 11.8. The fraction of sp³-hybridized carbons (Fsp3) is 0.286. The lowest BCUT2D eigenvalue weighted by molar-refractivity contribution is 0.473. The first-order chi connectivity index (χ1) is 9.03. The van der Waals surface area contributed by atoms with Crippen LogP contribution in [0.2, 0.25) is 0 Å². The summed E-state index contributed by atoms with van der Waals surface area (Å²) >= 11 is 0. The second-order valence-corrected chi connectivity index (χ2v) is 6.14. The maximum Gasteiger partial charge on any atom is 0.218 e. The van der Waals surface area contributed by atoms with Gasteiger partial charge in [0.1, 0.15) is 0 Å². The molecule has 0 heterocycles. The summed E-state index contributed by atoms with van der Waals surface area (Å²) in [5, 5.41) is 0. The van der Waals surface area contributed by atoms with Crippen molar-refractivity contribution in [1.82, 2.24) is 4.31 Å². The lowest BCUT2D eigenvalue weighted by Gasteiger charge is -2.19. The summed E-state index contributed by atoms with van der Waals surface area (Å²) in [6.45, 7) is 8.11. The number of hydrogen-bond donors (Lipinski definition) is 1. The summed E-state index contributed by atoms with van der Waals surface area (Å²) in [5.41, 5.74) is 7.21. The Labute approximate surface area is 115 Å². The van der Waals surface area contributed by atoms with Gasteiger partial charge in [-0.3, -0.25) is 0 Å². The molecule has 0 atom stereocenters. The number of rotatable bonds is 8. The molecule has 0 aliphatic heterocycles. The van der Waals surface area contributed by atoms with Crippen LogP contribution in [-0.4, -0.2) is 25.8 Å². The maximum absolute atomic E-state index is 12.3. The third kappa shape index (κ3) is 4.63. The highest BCUT2D eigenvalue weighted by molar-refractivity contribution is 7.88. The highest BCUT2D eigenvalue weighted by Gasteiger charge is 2.20. The minimum absolute atomic E-state index is 0.0392. The van der Waals surface area contributed by atoms with Gasteiger partial charge in [-0.05, 0) is 11.1 Å². The van der Waals surface area contributed by atoms with Gasteiger partial charge in [-0.1, -0.05) is 36.4 Å². The Kier molecular flexibility index (Phi) is 5.95. The van der Waals surface area contributed by atoms with Crippen molar-refractivity contribution >= 4 is 10.0 Å². The van der Waals surface area contributed by atoms with E-state index in [-0.39, 0.29) is 18.8 Å². The van der Waals surface area contributed by atoms with Crippen molar-refractivity contribution in [3.63, 3.8) is 0 Å². The number of benzene rings is 1. The van der Waals surface area contributed by atoms with Crippen LogP contribution in [-0.2, 0) is 22.3 Å². The van der Waals surface area contributed by atoms with Gasteiger partial charge in [-0.15, -0.1) is 13.2 Å². The zero-order valence-electron chi connectivity index (χ0n) is 11.0. The van der Waals surface area contributed by atoms with Gasteiger partial charge in [0.2, 0.25) is 10.0 Å². The molecule has 1 aromatic carbocycles. The Morgan fingerprint density at radius 3 is 2.26 bits per heavy atom. The van der Waals surface area contributed by atoms with Crippen molar-refractivity contribution in [3.05, 3.63) is 60.7 Å². The molecule has 1 aromatic rings. The lowest BCUT2D eigenvalue weighted by atomic mass is 10.1. The van der Waals surface area contributed by atoms with Crippen molar-refractivity contribution in [2.24, 2.45) is 5.73 Å². The first-order valence-corrected chi connectivity index (χ1v) is 7.62. The molecule has 104 valence electrons. The third-order valence-electron chi connectivity index (χ3n) is 2.64. The Hall–Kier alpha value is -1.43. The molecule has 0 aromatic heterocycles. The van der Waals surface area contributed by atoms with Crippen LogP contribution in [0, 0.1) is 0 Å². The average Bonchev–Trinajstić information content (AvgIpc) is 2.38. The summed E-state index contributed by atoms with van der Waals surface area (Å²) < 4.78 is 25.9. The standard InChI is InChI=1S/C14H20N2O2S/c1-3-8-16(9-4-2)19(17,18)12-14-7-5-6-13(10-14)11-15/h3-7,10H,1-2,8-9,11-12,15H2. The number of sulfonamides is 1. The van der Waals surface area contributed by atoms with Crippen molar-refractivity contribution in [2.75, 3.05) is 13.1 Å². The molecule has 19 heavy (non-hydrogen) atoms. The Balaban J connectivity index is 2.92. The predicted octanol–water partition coefficient (Wildman–Crippen LogP) is 1.65. The maximum atomic E-state index is 12.3. The van der Waals surface area contributed by atoms with E-state index in [0.717, 1.165) is 11.1 Å². The number of nitrogens with zero attached hydrogens (tertiary/aromatic N) is 1. The number of nitrogens with two attached hydrogens (primary N) is 1. The monoisotopic (exact) mass is 280 g/mol. The van der Waals surface area contributed by atoms with Crippen molar-refractivity contribution in [1.29, 1.82) is 0 Å². The van der Waals surface area contributed by atoms with E-state index in [4.69, 9.17) is 5.73 Å². The van der Waals surface area contributed by atoms with Crippen LogP contribution in [0.15, 0.2) is 49.6 Å². The Morgan fingerprint density at radius 2 is 1.74 bits per heavy atom. The predicted molar refractivity (Wildman–Crippen MR) is 78.9 cm³/mol. The van der Waals surface area contributed by atoms with E-state index >= 15 is 0 Å². The third-order valence-corrected chi connectivity index (χ3v) is 4.42. The summed E-state index contributed by atoms with van der Waals surface area (Å²) in [5.74, 6) is -0.0392. The quantitative estimate of drug-likeness (QED) is 0.736. The van der Waals surface area contributed by atoms with Gasteiger partial charge in [-0.2, -0.15) is 4.31 Å². The van der Waals surface area contributed by atoms with Crippen LogP contribution in [0.4, 0.5) is 0 Å². The fourth-order valence-corrected chi connectivity index (χ4v) is 3.19. The summed E-state index contributed by atoms with van der Waals surface area (Å²) in [6, 6.07) is 7.30. The van der Waals surface area contributed by atoms with Crippen LogP contribution in [0.5, 0.6) is 0 Å². The first kappa shape index (κ1) is 15.6. The zero-order chi connectivity index (χ0) is 14.3. The van der Waals surface area contributed by atoms with Crippen LogP contribution >= 0.6 is 0 Å². The van der Waals surface area contributed by atoms with Gasteiger partial charge in [0, 0.05) is 19.6 Å². The largest absolute Gasteiger partial charge is 0.326 e. The van der Waals surface area contributed by atoms with E-state index < -0.39 is 10.0 Å². The highest BCUT2D eigenvalue weighted by atomic mass is 32.2. The molecule has 2 N–H and O–H groups in total. The fourth-order valence-electron chi connectivity index (χ4n) is 1.74. The van der Waals surface area contributed by atoms with Crippen LogP contribution in [0.3, 0.4) is 0 Å². The molecule has 0 amide bonds. The van der Waals surface area contributed by atoms with Crippen molar-refractivity contribution < 1.29 is 8.42 Å². The van der Waals surface area contributed by atoms with Gasteiger partial charge >= 0.3 is 0 Å². The second-order valence-electron chi connectivity index (χ2n) is 4.17. The molecular formula is C14H20N2O2S. The van der Waals surface area contributed by atoms with E-state index in [9.17, 15) is 8.42 Å². The topological polar surface area (TPSA) is 63.4 Å². The Morgan fingerprint density at radius 1 is 1.16 bits per heavy atom. The molecule has 0 radical (unpaired) electrons. The number of hydrogen-bond acceptors (Lipinski definition) is 3. The van der Waals surface area contributed by atoms with Gasteiger partial charge in [0.05, 0.1) is 5.75 Å². The van der Waals surface area contributed by atoms with Crippen LogP contribution in [0.1, 0.15) is 11.1 Å². The molecule has 0 spiro atoms. The second kappa shape index (κ2) is 7.23. The van der Waals surface area contributed by atoms with E-state index in [1.165, 1.54) is 4.31 Å². The molecule has 5 heteroatoms. The van der Waals surface area contributed by atoms with Gasteiger partial charge in [0.15, 0.2) is 0 Å². The Bertz CT molecular complexity index is 528. The van der Waals surface area contributed by atoms with E-state index in [1.807, 2.05) is 18.2 Å². The molecule has 4 nitrogen and oxygen atoms in total. The molecule has 0 unspecified atom stereocenters. The molecule has 0 aliphatic carbocycles. The molecule has 0 fully saturated rings. The van der Waals surface area contributed by atoms with E-state index in [1.54, 1.807) is 18.2 Å². The lowest BCUT2D eigenvalue weighted by Crippen LogP contribution is -2.32. The van der Waals surface area contributed by atoms with Gasteiger partial charge < -0.3 is 5.73 Å². The smallest absolute Gasteiger partial charge is 0.218 e. The minimum Gasteiger partial charge on any atom is -0.326 e. The molecule has 1 rings (SSSR count). The van der Waals surface area contributed by atoms with Crippen LogP contribution < -0.4 is 5.73 Å². The molecule has 0 aliphatic rings. The summed E-state index contributed by atoms with van der Waals surface area (Å²) in [4.78, 5) is 0. The molecule has 0 saturated carbocycles. The highest BCUT2D eigenvalue weighted by Crippen LogP contribution is 2.12. The van der Waals surface area contributed by atoms with E-state index in [2.05, 4.69) is 13.2 Å². The minimum atomic E-state index is -3.37. The SMILES string of the molecule is C=CCN(CC=C)S(=O)(=O)Cc1cccc(CN)c1. The van der Waals surface area contributed by atoms with Crippen molar-refractivity contribution in [3.8, 4) is 0 Å². The molecular weight excluding hydrogens is 260 g/mol. The van der Waals surface area contributed by atoms with Crippen LogP contribution in [0.25, 0.3) is 0 Å². The summed E-state index contributed by atoms with van der Waals surface area (Å²) in [6.07, 6.45) is 3.13. The molecule has 0 saturated heterocycles. The molecule has 0 bridgehead atoms. The normalized spacial score (nSPS) is 11.5. The van der Waals surface area contributed by atoms with Gasteiger partial charge in [0.25, 0.3) is 0 Å². The van der Waals surface area contributed by atoms with Crippen molar-refractivity contribution in [2.45, 2.75) is 12.3 Å². The first-order valence-electron chi connectivity index (χ1n) is 6.01. The average molecular weight is 280 g/mol. The van der Waals surface area contributed by atoms with E-state index in [0.29, 0.717) is 6.54 Å². The summed E-state index contributed by atoms with van der Waals surface area (Å²) in [7, 11) is -3.37. The van der Waals surface area contributed by atoms with Gasteiger partial charge in [-0.25, -0.2) is 8.42 Å².